The molecule has 0 spiro atoms. The Kier molecular flexibility index (Phi) is 2.11. The summed E-state index contributed by atoms with van der Waals surface area (Å²) in [5.41, 5.74) is 0. The number of aliphatic carboxylic acids is 1. The van der Waals surface area contributed by atoms with Crippen molar-refractivity contribution in [1.82, 2.24) is 4.90 Å². The van der Waals surface area contributed by atoms with Crippen molar-refractivity contribution in [2.45, 2.75) is 25.3 Å². The molecule has 17 heavy (non-hydrogen) atoms. The predicted molar refractivity (Wildman–Crippen MR) is 54.1 cm³/mol. The summed E-state index contributed by atoms with van der Waals surface area (Å²) >= 11 is 0. The summed E-state index contributed by atoms with van der Waals surface area (Å²) in [6, 6.07) is -0.244. The van der Waals surface area contributed by atoms with Crippen molar-refractivity contribution in [3.05, 3.63) is 12.2 Å². The first kappa shape index (κ1) is 10.5. The van der Waals surface area contributed by atoms with Crippen molar-refractivity contribution in [2.75, 3.05) is 0 Å². The van der Waals surface area contributed by atoms with Crippen LogP contribution in [0.1, 0.15) is 19.3 Å². The van der Waals surface area contributed by atoms with Gasteiger partial charge in [-0.15, -0.1) is 0 Å². The normalized spacial score (nSPS) is 39.4. The molecule has 0 aromatic heterocycles. The molecular formula is C12H12NO4-. The maximum absolute atomic E-state index is 11.6. The van der Waals surface area contributed by atoms with Crippen LogP contribution in [0.5, 0.6) is 0 Å². The number of carboxylic acids is 1. The van der Waals surface area contributed by atoms with E-state index in [-0.39, 0.29) is 23.8 Å². The molecule has 2 saturated carbocycles. The lowest BCUT2D eigenvalue weighted by Crippen LogP contribution is -2.48. The smallest absolute Gasteiger partial charge is 0.253 e. The van der Waals surface area contributed by atoms with Gasteiger partial charge in [-0.2, -0.15) is 0 Å². The number of carboxylic acid groups (broad SMARTS) is 1. The van der Waals surface area contributed by atoms with E-state index in [1.54, 1.807) is 0 Å². The average Bonchev–Trinajstić information content (AvgIpc) is 2.92. The van der Waals surface area contributed by atoms with Gasteiger partial charge in [0.1, 0.15) is 0 Å². The number of hydrogen-bond donors (Lipinski definition) is 0. The lowest BCUT2D eigenvalue weighted by atomic mass is 9.84. The van der Waals surface area contributed by atoms with Crippen molar-refractivity contribution in [2.24, 2.45) is 17.8 Å². The molecule has 90 valence electrons. The van der Waals surface area contributed by atoms with Crippen molar-refractivity contribution < 1.29 is 19.5 Å². The molecule has 5 heteroatoms. The van der Waals surface area contributed by atoms with Crippen LogP contribution < -0.4 is 5.11 Å². The monoisotopic (exact) mass is 234 g/mol. The highest BCUT2D eigenvalue weighted by Gasteiger charge is 2.51. The number of carbonyl (C=O) groups is 3. The Morgan fingerprint density at radius 2 is 1.82 bits per heavy atom. The molecule has 1 aliphatic heterocycles. The number of carbonyl (C=O) groups excluding carboxylic acids is 3. The quantitative estimate of drug-likeness (QED) is 0.579. The Labute approximate surface area is 98.1 Å². The summed E-state index contributed by atoms with van der Waals surface area (Å²) in [5.74, 6) is -1.98. The maximum Gasteiger partial charge on any atom is 0.253 e. The van der Waals surface area contributed by atoms with Crippen LogP contribution in [0.15, 0.2) is 12.2 Å². The summed E-state index contributed by atoms with van der Waals surface area (Å²) < 4.78 is 0. The van der Waals surface area contributed by atoms with Crippen molar-refractivity contribution in [1.29, 1.82) is 0 Å². The molecule has 2 amide bonds. The minimum Gasteiger partial charge on any atom is -0.550 e. The fraction of sp³-hybridized carbons (Fsp3) is 0.583. The van der Waals surface area contributed by atoms with E-state index < -0.39 is 11.9 Å². The molecule has 3 rings (SSSR count). The van der Waals surface area contributed by atoms with E-state index in [0.717, 1.165) is 12.8 Å². The molecule has 0 radical (unpaired) electrons. The second-order valence-corrected chi connectivity index (χ2v) is 5.11. The molecule has 0 N–H and O–H groups in total. The number of amides is 2. The first-order valence-corrected chi connectivity index (χ1v) is 5.84. The molecule has 2 bridgehead atoms. The Morgan fingerprint density at radius 3 is 2.35 bits per heavy atom. The number of hydrogen-bond acceptors (Lipinski definition) is 4. The minimum absolute atomic E-state index is 0.113. The van der Waals surface area contributed by atoms with E-state index in [1.807, 2.05) is 0 Å². The van der Waals surface area contributed by atoms with Gasteiger partial charge >= 0.3 is 0 Å². The number of fused-ring (bicyclic) bond motifs is 2. The standard InChI is InChI=1S/C12H13NO4/c14-10-1-2-11(15)13(10)9-5-6-3-7(9)8(4-6)12(16)17/h1-2,6-9H,3-5H2,(H,16,17)/p-1. The average molecular weight is 234 g/mol. The van der Waals surface area contributed by atoms with E-state index in [9.17, 15) is 19.5 Å². The number of rotatable bonds is 2. The molecular weight excluding hydrogens is 222 g/mol. The van der Waals surface area contributed by atoms with Gasteiger partial charge < -0.3 is 9.90 Å². The summed E-state index contributed by atoms with van der Waals surface area (Å²) in [4.78, 5) is 35.4. The number of imide groups is 1. The molecule has 4 atom stereocenters. The SMILES string of the molecule is O=C([O-])C1CC2CC1C(N1C(=O)C=CC1=O)C2. The van der Waals surface area contributed by atoms with Crippen LogP contribution in [0.3, 0.4) is 0 Å². The molecule has 4 unspecified atom stereocenters. The molecule has 3 aliphatic rings. The first-order valence-electron chi connectivity index (χ1n) is 5.84. The Balaban J connectivity index is 1.84. The van der Waals surface area contributed by atoms with Gasteiger partial charge in [-0.05, 0) is 31.1 Å². The maximum atomic E-state index is 11.6. The fourth-order valence-electron chi connectivity index (χ4n) is 3.62. The fourth-order valence-corrected chi connectivity index (χ4v) is 3.62. The van der Waals surface area contributed by atoms with Gasteiger partial charge in [0.05, 0.1) is 0 Å². The second kappa shape index (κ2) is 3.42. The largest absolute Gasteiger partial charge is 0.550 e. The molecule has 2 fully saturated rings. The highest BCUT2D eigenvalue weighted by molar-refractivity contribution is 6.13. The van der Waals surface area contributed by atoms with E-state index in [2.05, 4.69) is 0 Å². The van der Waals surface area contributed by atoms with Crippen LogP contribution in [-0.4, -0.2) is 28.7 Å². The van der Waals surface area contributed by atoms with Gasteiger partial charge in [-0.3, -0.25) is 14.5 Å². The zero-order valence-electron chi connectivity index (χ0n) is 9.17. The third-order valence-corrected chi connectivity index (χ3v) is 4.26. The van der Waals surface area contributed by atoms with Gasteiger partial charge in [-0.25, -0.2) is 0 Å². The third-order valence-electron chi connectivity index (χ3n) is 4.26. The van der Waals surface area contributed by atoms with Gasteiger partial charge in [0, 0.05) is 30.1 Å². The lowest BCUT2D eigenvalue weighted by Gasteiger charge is -2.34. The molecule has 5 nitrogen and oxygen atoms in total. The van der Waals surface area contributed by atoms with E-state index >= 15 is 0 Å². The van der Waals surface area contributed by atoms with Gasteiger partial charge in [-0.1, -0.05) is 0 Å². The van der Waals surface area contributed by atoms with Crippen LogP contribution >= 0.6 is 0 Å². The zero-order chi connectivity index (χ0) is 12.2. The van der Waals surface area contributed by atoms with Crippen molar-refractivity contribution in [3.8, 4) is 0 Å². The number of nitrogens with zero attached hydrogens (tertiary/aromatic N) is 1. The summed E-state index contributed by atoms with van der Waals surface area (Å²) in [7, 11) is 0. The minimum atomic E-state index is -1.05. The van der Waals surface area contributed by atoms with E-state index in [0.29, 0.717) is 12.3 Å². The van der Waals surface area contributed by atoms with Gasteiger partial charge in [0.25, 0.3) is 11.8 Å². The Hall–Kier alpha value is -1.65. The predicted octanol–water partition coefficient (Wildman–Crippen LogP) is -0.924. The topological polar surface area (TPSA) is 77.5 Å². The lowest BCUT2D eigenvalue weighted by molar-refractivity contribution is -0.313. The molecule has 1 heterocycles. The van der Waals surface area contributed by atoms with E-state index in [1.165, 1.54) is 17.1 Å². The van der Waals surface area contributed by atoms with Crippen LogP contribution in [0.2, 0.25) is 0 Å². The second-order valence-electron chi connectivity index (χ2n) is 5.11. The van der Waals surface area contributed by atoms with Crippen molar-refractivity contribution in [3.63, 3.8) is 0 Å². The van der Waals surface area contributed by atoms with E-state index in [4.69, 9.17) is 0 Å². The van der Waals surface area contributed by atoms with Gasteiger partial charge in [0.15, 0.2) is 0 Å². The Bertz CT molecular complexity index is 424. The summed E-state index contributed by atoms with van der Waals surface area (Å²) in [5, 5.41) is 11.0. The van der Waals surface area contributed by atoms with Crippen LogP contribution in [0, 0.1) is 17.8 Å². The first-order chi connectivity index (χ1) is 8.08. The molecule has 0 saturated heterocycles. The molecule has 0 aromatic rings. The highest BCUT2D eigenvalue weighted by Crippen LogP contribution is 2.50. The van der Waals surface area contributed by atoms with Crippen LogP contribution in [0.25, 0.3) is 0 Å². The summed E-state index contributed by atoms with van der Waals surface area (Å²) in [6.07, 6.45) is 4.67. The molecule has 2 aliphatic carbocycles. The zero-order valence-corrected chi connectivity index (χ0v) is 9.17. The Morgan fingerprint density at radius 1 is 1.18 bits per heavy atom. The van der Waals surface area contributed by atoms with Crippen molar-refractivity contribution >= 4 is 17.8 Å². The van der Waals surface area contributed by atoms with Crippen LogP contribution in [-0.2, 0) is 14.4 Å². The molecule has 0 aromatic carbocycles. The van der Waals surface area contributed by atoms with Gasteiger partial charge in [0.2, 0.25) is 0 Å². The summed E-state index contributed by atoms with van der Waals surface area (Å²) in [6.45, 7) is 0. The highest BCUT2D eigenvalue weighted by atomic mass is 16.4. The van der Waals surface area contributed by atoms with Crippen LogP contribution in [0.4, 0.5) is 0 Å². The third kappa shape index (κ3) is 1.41.